The van der Waals surface area contributed by atoms with Gasteiger partial charge in [0.25, 0.3) is 0 Å². The van der Waals surface area contributed by atoms with Gasteiger partial charge >= 0.3 is 0 Å². The molecule has 1 amide bonds. The Balaban J connectivity index is 2.52. The Kier molecular flexibility index (Phi) is 2.69. The Morgan fingerprint density at radius 2 is 2.17 bits per heavy atom. The lowest BCUT2D eigenvalue weighted by Crippen LogP contribution is -2.34. The predicted octanol–water partition coefficient (Wildman–Crippen LogP) is -0.827. The van der Waals surface area contributed by atoms with E-state index in [9.17, 15) is 9.90 Å². The molecule has 1 heterocycles. The highest BCUT2D eigenvalue weighted by Gasteiger charge is 2.31. The summed E-state index contributed by atoms with van der Waals surface area (Å²) in [5.41, 5.74) is 5.56. The number of aliphatic hydroxyl groups excluding tert-OH is 1. The van der Waals surface area contributed by atoms with Crippen molar-refractivity contribution in [1.82, 2.24) is 4.90 Å². The van der Waals surface area contributed by atoms with E-state index in [4.69, 9.17) is 5.73 Å². The fourth-order valence-corrected chi connectivity index (χ4v) is 1.36. The summed E-state index contributed by atoms with van der Waals surface area (Å²) in [5, 5.41) is 9.28. The van der Waals surface area contributed by atoms with Crippen LogP contribution in [-0.2, 0) is 4.79 Å². The zero-order valence-corrected chi connectivity index (χ0v) is 7.53. The van der Waals surface area contributed by atoms with Crippen LogP contribution in [-0.4, -0.2) is 41.1 Å². The van der Waals surface area contributed by atoms with Crippen molar-refractivity contribution in [3.05, 3.63) is 0 Å². The zero-order valence-electron chi connectivity index (χ0n) is 7.53. The maximum Gasteiger partial charge on any atom is 0.225 e. The number of hydrogen-bond donors (Lipinski definition) is 2. The van der Waals surface area contributed by atoms with E-state index >= 15 is 0 Å². The van der Waals surface area contributed by atoms with E-state index < -0.39 is 6.10 Å². The molecule has 1 saturated heterocycles. The van der Waals surface area contributed by atoms with Crippen LogP contribution in [0, 0.1) is 5.92 Å². The van der Waals surface area contributed by atoms with Crippen molar-refractivity contribution in [1.29, 1.82) is 0 Å². The van der Waals surface area contributed by atoms with E-state index in [1.165, 1.54) is 0 Å². The van der Waals surface area contributed by atoms with Crippen LogP contribution in [0.25, 0.3) is 0 Å². The number of β-amino-alcohol motifs (C(OH)–C–C–N with tert-alkyl or cyclic N) is 1. The van der Waals surface area contributed by atoms with E-state index in [0.29, 0.717) is 13.1 Å². The molecule has 1 rings (SSSR count). The fraction of sp³-hybridized carbons (Fsp3) is 0.875. The number of aliphatic hydroxyl groups is 1. The molecule has 2 atom stereocenters. The Bertz CT molecular complexity index is 172. The number of rotatable bonds is 1. The minimum absolute atomic E-state index is 0.0116. The Morgan fingerprint density at radius 3 is 2.50 bits per heavy atom. The first-order chi connectivity index (χ1) is 5.52. The van der Waals surface area contributed by atoms with Gasteiger partial charge in [0.15, 0.2) is 0 Å². The Hall–Kier alpha value is -0.610. The molecule has 0 radical (unpaired) electrons. The maximum absolute atomic E-state index is 11.4. The molecule has 0 aromatic carbocycles. The largest absolute Gasteiger partial charge is 0.390 e. The first-order valence-electron chi connectivity index (χ1n) is 4.24. The van der Waals surface area contributed by atoms with E-state index in [-0.39, 0.29) is 17.9 Å². The molecule has 1 aliphatic rings. The molecule has 12 heavy (non-hydrogen) atoms. The first kappa shape index (κ1) is 9.48. The molecule has 0 bridgehead atoms. The van der Waals surface area contributed by atoms with Crippen LogP contribution in [0.1, 0.15) is 13.8 Å². The van der Waals surface area contributed by atoms with Crippen molar-refractivity contribution in [2.24, 2.45) is 11.7 Å². The summed E-state index contributed by atoms with van der Waals surface area (Å²) < 4.78 is 0. The number of likely N-dealkylation sites (tertiary alicyclic amines) is 1. The zero-order chi connectivity index (χ0) is 9.30. The average molecular weight is 172 g/mol. The topological polar surface area (TPSA) is 66.6 Å². The van der Waals surface area contributed by atoms with Gasteiger partial charge in [0.2, 0.25) is 5.91 Å². The SMILES string of the molecule is CC(C)C(=O)N1CC(N)C(O)C1. The quantitative estimate of drug-likeness (QED) is 0.542. The molecule has 0 spiro atoms. The monoisotopic (exact) mass is 172 g/mol. The standard InChI is InChI=1S/C8H16N2O2/c1-5(2)8(12)10-3-6(9)7(11)4-10/h5-7,11H,3-4,9H2,1-2H3. The summed E-state index contributed by atoms with van der Waals surface area (Å²) in [7, 11) is 0. The predicted molar refractivity (Wildman–Crippen MR) is 45.4 cm³/mol. The Morgan fingerprint density at radius 1 is 1.58 bits per heavy atom. The smallest absolute Gasteiger partial charge is 0.225 e. The second kappa shape index (κ2) is 3.41. The van der Waals surface area contributed by atoms with Gasteiger partial charge in [-0.2, -0.15) is 0 Å². The number of hydrogen-bond acceptors (Lipinski definition) is 3. The van der Waals surface area contributed by atoms with Crippen molar-refractivity contribution >= 4 is 5.91 Å². The van der Waals surface area contributed by atoms with Gasteiger partial charge in [-0.1, -0.05) is 13.8 Å². The van der Waals surface area contributed by atoms with Crippen LogP contribution in [0.15, 0.2) is 0 Å². The van der Waals surface area contributed by atoms with Crippen LogP contribution >= 0.6 is 0 Å². The van der Waals surface area contributed by atoms with E-state index in [1.807, 2.05) is 13.8 Å². The van der Waals surface area contributed by atoms with Crippen LogP contribution in [0.4, 0.5) is 0 Å². The number of nitrogens with two attached hydrogens (primary N) is 1. The summed E-state index contributed by atoms with van der Waals surface area (Å²) in [6.07, 6.45) is -0.548. The number of carbonyl (C=O) groups is 1. The molecule has 1 fully saturated rings. The van der Waals surface area contributed by atoms with E-state index in [0.717, 1.165) is 0 Å². The summed E-state index contributed by atoms with van der Waals surface area (Å²) in [4.78, 5) is 13.0. The van der Waals surface area contributed by atoms with Crippen molar-refractivity contribution in [2.45, 2.75) is 26.0 Å². The minimum Gasteiger partial charge on any atom is -0.390 e. The van der Waals surface area contributed by atoms with Gasteiger partial charge in [0, 0.05) is 25.0 Å². The van der Waals surface area contributed by atoms with Crippen LogP contribution < -0.4 is 5.73 Å². The van der Waals surface area contributed by atoms with Crippen molar-refractivity contribution < 1.29 is 9.90 Å². The molecule has 0 aliphatic carbocycles. The van der Waals surface area contributed by atoms with Gasteiger partial charge in [-0.25, -0.2) is 0 Å². The first-order valence-corrected chi connectivity index (χ1v) is 4.24. The molecule has 0 aromatic heterocycles. The van der Waals surface area contributed by atoms with E-state index in [1.54, 1.807) is 4.90 Å². The van der Waals surface area contributed by atoms with Crippen molar-refractivity contribution in [3.63, 3.8) is 0 Å². The molecule has 4 heteroatoms. The van der Waals surface area contributed by atoms with Gasteiger partial charge in [-0.3, -0.25) is 4.79 Å². The lowest BCUT2D eigenvalue weighted by Gasteiger charge is -2.17. The third-order valence-corrected chi connectivity index (χ3v) is 2.14. The second-order valence-corrected chi connectivity index (χ2v) is 3.63. The molecular formula is C8H16N2O2. The summed E-state index contributed by atoms with van der Waals surface area (Å²) >= 11 is 0. The number of carbonyl (C=O) groups excluding carboxylic acids is 1. The van der Waals surface area contributed by atoms with Gasteiger partial charge in [0.05, 0.1) is 6.10 Å². The molecule has 4 nitrogen and oxygen atoms in total. The van der Waals surface area contributed by atoms with Gasteiger partial charge in [-0.15, -0.1) is 0 Å². The molecule has 70 valence electrons. The fourth-order valence-electron chi connectivity index (χ4n) is 1.36. The molecular weight excluding hydrogens is 156 g/mol. The number of nitrogens with zero attached hydrogens (tertiary/aromatic N) is 1. The normalized spacial score (nSPS) is 29.9. The Labute approximate surface area is 72.3 Å². The minimum atomic E-state index is -0.548. The molecule has 0 aromatic rings. The lowest BCUT2D eigenvalue weighted by molar-refractivity contribution is -0.133. The highest BCUT2D eigenvalue weighted by atomic mass is 16.3. The van der Waals surface area contributed by atoms with Gasteiger partial charge < -0.3 is 15.7 Å². The van der Waals surface area contributed by atoms with Crippen molar-refractivity contribution in [3.8, 4) is 0 Å². The third-order valence-electron chi connectivity index (χ3n) is 2.14. The summed E-state index contributed by atoms with van der Waals surface area (Å²) in [6.45, 7) is 4.56. The van der Waals surface area contributed by atoms with Crippen LogP contribution in [0.5, 0.6) is 0 Å². The molecule has 3 N–H and O–H groups in total. The van der Waals surface area contributed by atoms with Gasteiger partial charge in [-0.05, 0) is 0 Å². The van der Waals surface area contributed by atoms with Crippen LogP contribution in [0.2, 0.25) is 0 Å². The second-order valence-electron chi connectivity index (χ2n) is 3.63. The lowest BCUT2D eigenvalue weighted by atomic mass is 10.2. The molecule has 0 saturated carbocycles. The third kappa shape index (κ3) is 1.76. The maximum atomic E-state index is 11.4. The molecule has 2 unspecified atom stereocenters. The van der Waals surface area contributed by atoms with Gasteiger partial charge in [0.1, 0.15) is 0 Å². The molecule has 1 aliphatic heterocycles. The summed E-state index contributed by atoms with van der Waals surface area (Å²) in [5.74, 6) is 0.0597. The van der Waals surface area contributed by atoms with Crippen LogP contribution in [0.3, 0.4) is 0 Å². The van der Waals surface area contributed by atoms with E-state index in [2.05, 4.69) is 0 Å². The average Bonchev–Trinajstić information content (AvgIpc) is 2.30. The summed E-state index contributed by atoms with van der Waals surface area (Å²) in [6, 6.07) is -0.271. The van der Waals surface area contributed by atoms with Crippen molar-refractivity contribution in [2.75, 3.05) is 13.1 Å². The highest BCUT2D eigenvalue weighted by molar-refractivity contribution is 5.78. The number of amides is 1. The highest BCUT2D eigenvalue weighted by Crippen LogP contribution is 2.11.